The minimum atomic E-state index is -3.50. The van der Waals surface area contributed by atoms with Crippen molar-refractivity contribution in [2.45, 2.75) is 37.9 Å². The first kappa shape index (κ1) is 16.2. The topological polar surface area (TPSA) is 76.0 Å². The highest BCUT2D eigenvalue weighted by molar-refractivity contribution is 7.89. The molecule has 2 N–H and O–H groups in total. The van der Waals surface area contributed by atoms with Crippen LogP contribution < -0.4 is 10.0 Å². The lowest BCUT2D eigenvalue weighted by Crippen LogP contribution is -2.36. The van der Waals surface area contributed by atoms with E-state index in [0.717, 1.165) is 11.4 Å². The lowest BCUT2D eigenvalue weighted by molar-refractivity contribution is 0.493. The number of sulfonamides is 1. The Labute approximate surface area is 129 Å². The normalized spacial score (nSPS) is 13.4. The standard InChI is InChI=1S/C13H20N4O2S2/c1-3-14-9-12-13(5-8-20-12)21(18,19)16-11(2)10-17-7-4-6-15-17/h4-8,11,14,16H,3,9-10H2,1-2H3. The molecule has 0 aliphatic rings. The van der Waals surface area contributed by atoms with Gasteiger partial charge in [-0.3, -0.25) is 4.68 Å². The first-order valence-electron chi connectivity index (χ1n) is 6.79. The average molecular weight is 328 g/mol. The van der Waals surface area contributed by atoms with Gasteiger partial charge in [0.15, 0.2) is 0 Å². The Hall–Kier alpha value is -1.22. The molecule has 2 aromatic heterocycles. The maximum atomic E-state index is 12.5. The van der Waals surface area contributed by atoms with Crippen molar-refractivity contribution in [1.29, 1.82) is 0 Å². The van der Waals surface area contributed by atoms with Gasteiger partial charge in [-0.2, -0.15) is 5.10 Å². The Kier molecular flexibility index (Phi) is 5.51. The fourth-order valence-electron chi connectivity index (χ4n) is 1.99. The van der Waals surface area contributed by atoms with Crippen molar-refractivity contribution in [3.8, 4) is 0 Å². The molecule has 2 rings (SSSR count). The van der Waals surface area contributed by atoms with Crippen molar-refractivity contribution >= 4 is 21.4 Å². The van der Waals surface area contributed by atoms with Crippen LogP contribution in [0.2, 0.25) is 0 Å². The molecule has 1 unspecified atom stereocenters. The Balaban J connectivity index is 2.05. The highest BCUT2D eigenvalue weighted by Crippen LogP contribution is 2.22. The molecule has 0 aliphatic heterocycles. The summed E-state index contributed by atoms with van der Waals surface area (Å²) < 4.78 is 29.3. The van der Waals surface area contributed by atoms with Crippen LogP contribution in [0.1, 0.15) is 18.7 Å². The van der Waals surface area contributed by atoms with Crippen LogP contribution in [-0.4, -0.2) is 30.8 Å². The van der Waals surface area contributed by atoms with Crippen LogP contribution >= 0.6 is 11.3 Å². The second kappa shape index (κ2) is 7.17. The van der Waals surface area contributed by atoms with Crippen molar-refractivity contribution in [3.63, 3.8) is 0 Å². The minimum Gasteiger partial charge on any atom is -0.312 e. The Bertz CT molecular complexity index is 650. The molecule has 8 heteroatoms. The Morgan fingerprint density at radius 3 is 2.95 bits per heavy atom. The van der Waals surface area contributed by atoms with Crippen molar-refractivity contribution in [2.24, 2.45) is 0 Å². The molecule has 0 spiro atoms. The molecule has 6 nitrogen and oxygen atoms in total. The van der Waals surface area contributed by atoms with Crippen LogP contribution in [-0.2, 0) is 23.1 Å². The zero-order valence-corrected chi connectivity index (χ0v) is 13.7. The van der Waals surface area contributed by atoms with Gasteiger partial charge in [0, 0.05) is 29.9 Å². The molecule has 2 heterocycles. The van der Waals surface area contributed by atoms with Gasteiger partial charge in [-0.1, -0.05) is 6.92 Å². The molecule has 21 heavy (non-hydrogen) atoms. The predicted octanol–water partition coefficient (Wildman–Crippen LogP) is 1.42. The Morgan fingerprint density at radius 2 is 2.29 bits per heavy atom. The summed E-state index contributed by atoms with van der Waals surface area (Å²) in [7, 11) is -3.50. The van der Waals surface area contributed by atoms with Crippen LogP contribution in [0.15, 0.2) is 34.8 Å². The molecule has 2 aromatic rings. The third-order valence-corrected chi connectivity index (χ3v) is 5.63. The SMILES string of the molecule is CCNCc1sccc1S(=O)(=O)NC(C)Cn1cccn1. The average Bonchev–Trinajstić information content (AvgIpc) is 3.06. The van der Waals surface area contributed by atoms with Gasteiger partial charge in [0.05, 0.1) is 11.4 Å². The molecule has 0 saturated carbocycles. The van der Waals surface area contributed by atoms with Gasteiger partial charge < -0.3 is 5.32 Å². The van der Waals surface area contributed by atoms with E-state index in [1.165, 1.54) is 11.3 Å². The predicted molar refractivity (Wildman–Crippen MR) is 83.7 cm³/mol. The second-order valence-corrected chi connectivity index (χ2v) is 7.42. The number of hydrogen-bond donors (Lipinski definition) is 2. The van der Waals surface area contributed by atoms with Gasteiger partial charge in [0.1, 0.15) is 0 Å². The summed E-state index contributed by atoms with van der Waals surface area (Å²) in [4.78, 5) is 1.19. The number of nitrogens with zero attached hydrogens (tertiary/aromatic N) is 2. The molecule has 0 aromatic carbocycles. The summed E-state index contributed by atoms with van der Waals surface area (Å²) in [6.45, 7) is 5.69. The van der Waals surface area contributed by atoms with Crippen molar-refractivity contribution < 1.29 is 8.42 Å². The zero-order valence-electron chi connectivity index (χ0n) is 12.1. The minimum absolute atomic E-state index is 0.234. The van der Waals surface area contributed by atoms with Crippen molar-refractivity contribution in [2.75, 3.05) is 6.54 Å². The van der Waals surface area contributed by atoms with Gasteiger partial charge >= 0.3 is 0 Å². The van der Waals surface area contributed by atoms with E-state index in [-0.39, 0.29) is 6.04 Å². The molecule has 0 fully saturated rings. The Morgan fingerprint density at radius 1 is 1.48 bits per heavy atom. The molecule has 1 atom stereocenters. The van der Waals surface area contributed by atoms with Crippen LogP contribution in [0.5, 0.6) is 0 Å². The second-order valence-electron chi connectivity index (χ2n) is 4.74. The number of hydrogen-bond acceptors (Lipinski definition) is 5. The molecule has 116 valence electrons. The molecule has 0 saturated heterocycles. The van der Waals surface area contributed by atoms with E-state index in [1.54, 1.807) is 22.3 Å². The summed E-state index contributed by atoms with van der Waals surface area (Å²) >= 11 is 1.45. The molecule has 0 bridgehead atoms. The first-order valence-corrected chi connectivity index (χ1v) is 9.16. The fraction of sp³-hybridized carbons (Fsp3) is 0.462. The summed E-state index contributed by atoms with van der Waals surface area (Å²) in [5.74, 6) is 0. The molecule has 0 radical (unpaired) electrons. The van der Waals surface area contributed by atoms with Gasteiger partial charge in [0.2, 0.25) is 10.0 Å². The van der Waals surface area contributed by atoms with Gasteiger partial charge in [-0.15, -0.1) is 11.3 Å². The van der Waals surface area contributed by atoms with Crippen LogP contribution in [0.4, 0.5) is 0 Å². The van der Waals surface area contributed by atoms with E-state index in [1.807, 2.05) is 26.1 Å². The largest absolute Gasteiger partial charge is 0.312 e. The van der Waals surface area contributed by atoms with E-state index in [9.17, 15) is 8.42 Å². The molecule has 0 aliphatic carbocycles. The quantitative estimate of drug-likeness (QED) is 0.768. The number of rotatable bonds is 8. The highest BCUT2D eigenvalue weighted by Gasteiger charge is 2.21. The number of thiophene rings is 1. The van der Waals surface area contributed by atoms with Gasteiger partial charge in [-0.05, 0) is 31.0 Å². The van der Waals surface area contributed by atoms with Crippen molar-refractivity contribution in [1.82, 2.24) is 19.8 Å². The van der Waals surface area contributed by atoms with Gasteiger partial charge in [-0.25, -0.2) is 13.1 Å². The third-order valence-electron chi connectivity index (χ3n) is 2.91. The zero-order chi connectivity index (χ0) is 15.3. The van der Waals surface area contributed by atoms with Crippen molar-refractivity contribution in [3.05, 3.63) is 34.8 Å². The summed E-state index contributed by atoms with van der Waals surface area (Å²) in [5.41, 5.74) is 0. The molecule has 0 amide bonds. The van der Waals surface area contributed by atoms with Crippen LogP contribution in [0.3, 0.4) is 0 Å². The first-order chi connectivity index (χ1) is 10.0. The number of nitrogens with one attached hydrogen (secondary N) is 2. The lowest BCUT2D eigenvalue weighted by atomic mass is 10.4. The smallest absolute Gasteiger partial charge is 0.242 e. The third kappa shape index (κ3) is 4.37. The van der Waals surface area contributed by atoms with E-state index < -0.39 is 10.0 Å². The summed E-state index contributed by atoms with van der Waals surface area (Å²) in [5, 5.41) is 9.04. The molecular weight excluding hydrogens is 308 g/mol. The summed E-state index contributed by atoms with van der Waals surface area (Å²) in [6, 6.07) is 3.23. The fourth-order valence-corrected chi connectivity index (χ4v) is 4.64. The van der Waals surface area contributed by atoms with E-state index in [2.05, 4.69) is 15.1 Å². The maximum Gasteiger partial charge on any atom is 0.242 e. The van der Waals surface area contributed by atoms with E-state index in [0.29, 0.717) is 18.0 Å². The monoisotopic (exact) mass is 328 g/mol. The molecular formula is C13H20N4O2S2. The highest BCUT2D eigenvalue weighted by atomic mass is 32.2. The van der Waals surface area contributed by atoms with E-state index >= 15 is 0 Å². The van der Waals surface area contributed by atoms with E-state index in [4.69, 9.17) is 0 Å². The van der Waals surface area contributed by atoms with Gasteiger partial charge in [0.25, 0.3) is 0 Å². The lowest BCUT2D eigenvalue weighted by Gasteiger charge is -2.14. The van der Waals surface area contributed by atoms with Crippen LogP contribution in [0, 0.1) is 0 Å². The maximum absolute atomic E-state index is 12.5. The number of aromatic nitrogens is 2. The summed E-state index contributed by atoms with van der Waals surface area (Å²) in [6.07, 6.45) is 3.49. The van der Waals surface area contributed by atoms with Crippen LogP contribution in [0.25, 0.3) is 0 Å².